The number of halogens is 1. The summed E-state index contributed by atoms with van der Waals surface area (Å²) < 4.78 is 13.2. The molecule has 3 saturated heterocycles. The van der Waals surface area contributed by atoms with Crippen LogP contribution in [-0.2, 0) is 0 Å². The Bertz CT molecular complexity index is 731. The monoisotopic (exact) mass is 326 g/mol. The van der Waals surface area contributed by atoms with E-state index in [0.717, 1.165) is 48.8 Å². The third-order valence-corrected chi connectivity index (χ3v) is 5.53. The van der Waals surface area contributed by atoms with Crippen LogP contribution in [0.2, 0.25) is 0 Å². The molecule has 0 spiro atoms. The molecule has 0 radical (unpaired) electrons. The van der Waals surface area contributed by atoms with E-state index in [1.807, 2.05) is 6.92 Å². The Kier molecular flexibility index (Phi) is 4.06. The Morgan fingerprint density at radius 2 is 2.04 bits per heavy atom. The Labute approximate surface area is 141 Å². The van der Waals surface area contributed by atoms with Gasteiger partial charge in [-0.3, -0.25) is 4.90 Å². The lowest BCUT2D eigenvalue weighted by Gasteiger charge is -2.49. The summed E-state index contributed by atoms with van der Waals surface area (Å²) in [5.41, 5.74) is 8.84. The molecule has 4 unspecified atom stereocenters. The lowest BCUT2D eigenvalue weighted by atomic mass is 9.74. The molecule has 4 atom stereocenters. The van der Waals surface area contributed by atoms with E-state index in [4.69, 9.17) is 10.7 Å². The fourth-order valence-electron chi connectivity index (χ4n) is 4.27. The van der Waals surface area contributed by atoms with Crippen molar-refractivity contribution in [3.63, 3.8) is 0 Å². The van der Waals surface area contributed by atoms with Crippen LogP contribution in [0.25, 0.3) is 11.3 Å². The first kappa shape index (κ1) is 15.7. The second-order valence-electron chi connectivity index (χ2n) is 7.01. The number of aromatic nitrogens is 2. The Morgan fingerprint density at radius 1 is 1.25 bits per heavy atom. The van der Waals surface area contributed by atoms with Gasteiger partial charge in [-0.15, -0.1) is 0 Å². The Morgan fingerprint density at radius 3 is 2.71 bits per heavy atom. The van der Waals surface area contributed by atoms with Crippen molar-refractivity contribution < 1.29 is 4.39 Å². The molecule has 3 fully saturated rings. The number of benzene rings is 1. The van der Waals surface area contributed by atoms with Crippen LogP contribution in [0.15, 0.2) is 30.3 Å². The second kappa shape index (κ2) is 6.22. The quantitative estimate of drug-likeness (QED) is 0.942. The highest BCUT2D eigenvalue weighted by Gasteiger charge is 2.40. The summed E-state index contributed by atoms with van der Waals surface area (Å²) in [6.07, 6.45) is 2.38. The number of fused-ring (bicyclic) bond motifs is 3. The zero-order chi connectivity index (χ0) is 16.7. The maximum atomic E-state index is 13.2. The average molecular weight is 326 g/mol. The van der Waals surface area contributed by atoms with Crippen molar-refractivity contribution in [3.8, 4) is 11.3 Å². The van der Waals surface area contributed by atoms with Gasteiger partial charge in [0.2, 0.25) is 0 Å². The summed E-state index contributed by atoms with van der Waals surface area (Å²) in [6.45, 7) is 4.86. The standard InChI is InChI=1S/C19H23FN4/c1-12-22-18(13-2-4-15(20)5-3-13)9-19(23-12)17-11-24-7-6-14(17)8-16(24)10-21/h2-5,9,14,16-17H,6-8,10-11,21H2,1H3. The predicted octanol–water partition coefficient (Wildman–Crippen LogP) is 2.73. The van der Waals surface area contributed by atoms with Crippen molar-refractivity contribution >= 4 is 0 Å². The molecule has 1 aromatic carbocycles. The van der Waals surface area contributed by atoms with Crippen LogP contribution in [0.4, 0.5) is 4.39 Å². The molecule has 4 nitrogen and oxygen atoms in total. The molecule has 2 N–H and O–H groups in total. The van der Waals surface area contributed by atoms with Gasteiger partial charge in [0.1, 0.15) is 11.6 Å². The maximum absolute atomic E-state index is 13.2. The SMILES string of the molecule is Cc1nc(-c2ccc(F)cc2)cc(C2CN3CCC2CC3CN)n1. The van der Waals surface area contributed by atoms with Crippen molar-refractivity contribution in [1.29, 1.82) is 0 Å². The topological polar surface area (TPSA) is 55.0 Å². The molecule has 0 aliphatic carbocycles. The highest BCUT2D eigenvalue weighted by molar-refractivity contribution is 5.59. The Balaban J connectivity index is 1.66. The van der Waals surface area contributed by atoms with Crippen LogP contribution in [0.3, 0.4) is 0 Å². The summed E-state index contributed by atoms with van der Waals surface area (Å²) in [7, 11) is 0. The second-order valence-corrected chi connectivity index (χ2v) is 7.01. The van der Waals surface area contributed by atoms with Gasteiger partial charge < -0.3 is 5.73 Å². The van der Waals surface area contributed by atoms with Gasteiger partial charge in [-0.2, -0.15) is 0 Å². The average Bonchev–Trinajstić information content (AvgIpc) is 2.62. The molecular formula is C19H23FN4. The van der Waals surface area contributed by atoms with Crippen molar-refractivity contribution in [2.45, 2.75) is 31.7 Å². The number of piperidine rings is 3. The number of hydrogen-bond donors (Lipinski definition) is 1. The van der Waals surface area contributed by atoms with E-state index < -0.39 is 0 Å². The summed E-state index contributed by atoms with van der Waals surface area (Å²) in [4.78, 5) is 11.8. The molecule has 126 valence electrons. The first-order chi connectivity index (χ1) is 11.6. The molecule has 3 aliphatic rings. The van der Waals surface area contributed by atoms with Crippen LogP contribution < -0.4 is 5.73 Å². The highest BCUT2D eigenvalue weighted by Crippen LogP contribution is 2.41. The molecule has 4 heterocycles. The van der Waals surface area contributed by atoms with E-state index in [0.29, 0.717) is 17.9 Å². The molecule has 5 rings (SSSR count). The molecule has 0 amide bonds. The number of nitrogens with zero attached hydrogens (tertiary/aromatic N) is 3. The number of nitrogens with two attached hydrogens (primary N) is 1. The Hall–Kier alpha value is -1.85. The lowest BCUT2D eigenvalue weighted by molar-refractivity contribution is 0.0333. The third kappa shape index (κ3) is 2.82. The van der Waals surface area contributed by atoms with Crippen molar-refractivity contribution in [1.82, 2.24) is 14.9 Å². The van der Waals surface area contributed by atoms with E-state index >= 15 is 0 Å². The van der Waals surface area contributed by atoms with E-state index in [1.54, 1.807) is 12.1 Å². The van der Waals surface area contributed by atoms with Crippen LogP contribution >= 0.6 is 0 Å². The first-order valence-electron chi connectivity index (χ1n) is 8.69. The molecule has 1 aromatic heterocycles. The minimum atomic E-state index is -0.227. The van der Waals surface area contributed by atoms with Gasteiger partial charge >= 0.3 is 0 Å². The smallest absolute Gasteiger partial charge is 0.126 e. The zero-order valence-corrected chi connectivity index (χ0v) is 14.0. The summed E-state index contributed by atoms with van der Waals surface area (Å²) in [6, 6.07) is 9.13. The van der Waals surface area contributed by atoms with Gasteiger partial charge in [-0.1, -0.05) is 0 Å². The van der Waals surface area contributed by atoms with Crippen molar-refractivity contribution in [3.05, 3.63) is 47.7 Å². The van der Waals surface area contributed by atoms with Crippen LogP contribution in [0.1, 0.15) is 30.3 Å². The normalized spacial score (nSPS) is 29.0. The third-order valence-electron chi connectivity index (χ3n) is 5.53. The zero-order valence-electron chi connectivity index (χ0n) is 14.0. The van der Waals surface area contributed by atoms with Gasteiger partial charge in [0, 0.05) is 36.3 Å². The van der Waals surface area contributed by atoms with Gasteiger partial charge in [0.15, 0.2) is 0 Å². The van der Waals surface area contributed by atoms with E-state index in [1.165, 1.54) is 18.6 Å². The van der Waals surface area contributed by atoms with Crippen LogP contribution in [0.5, 0.6) is 0 Å². The molecule has 3 aliphatic heterocycles. The van der Waals surface area contributed by atoms with Gasteiger partial charge in [0.05, 0.1) is 5.69 Å². The van der Waals surface area contributed by atoms with Crippen LogP contribution in [-0.4, -0.2) is 40.5 Å². The molecule has 5 heteroatoms. The highest BCUT2D eigenvalue weighted by atomic mass is 19.1. The summed E-state index contributed by atoms with van der Waals surface area (Å²) in [5, 5.41) is 0. The number of aryl methyl sites for hydroxylation is 1. The lowest BCUT2D eigenvalue weighted by Crippen LogP contribution is -2.55. The van der Waals surface area contributed by atoms with Gasteiger partial charge in [0.25, 0.3) is 0 Å². The first-order valence-corrected chi connectivity index (χ1v) is 8.69. The number of hydrogen-bond acceptors (Lipinski definition) is 4. The molecular weight excluding hydrogens is 303 g/mol. The largest absolute Gasteiger partial charge is 0.329 e. The molecule has 2 aromatic rings. The molecule has 2 bridgehead atoms. The predicted molar refractivity (Wildman–Crippen MR) is 92.0 cm³/mol. The summed E-state index contributed by atoms with van der Waals surface area (Å²) >= 11 is 0. The van der Waals surface area contributed by atoms with Crippen molar-refractivity contribution in [2.75, 3.05) is 19.6 Å². The number of rotatable bonds is 3. The molecule has 0 saturated carbocycles. The maximum Gasteiger partial charge on any atom is 0.126 e. The van der Waals surface area contributed by atoms with Crippen molar-refractivity contribution in [2.24, 2.45) is 11.7 Å². The minimum absolute atomic E-state index is 0.227. The van der Waals surface area contributed by atoms with Gasteiger partial charge in [-0.05, 0) is 62.6 Å². The van der Waals surface area contributed by atoms with Gasteiger partial charge in [-0.25, -0.2) is 14.4 Å². The van der Waals surface area contributed by atoms with E-state index in [9.17, 15) is 4.39 Å². The summed E-state index contributed by atoms with van der Waals surface area (Å²) in [5.74, 6) is 1.65. The fourth-order valence-corrected chi connectivity index (χ4v) is 4.27. The van der Waals surface area contributed by atoms with E-state index in [2.05, 4.69) is 16.0 Å². The van der Waals surface area contributed by atoms with E-state index in [-0.39, 0.29) is 5.82 Å². The minimum Gasteiger partial charge on any atom is -0.329 e. The molecule has 24 heavy (non-hydrogen) atoms. The van der Waals surface area contributed by atoms with Crippen LogP contribution in [0, 0.1) is 18.7 Å². The fraction of sp³-hybridized carbons (Fsp3) is 0.474.